The molecule has 1 amide bonds. The zero-order chi connectivity index (χ0) is 24.5. The predicted molar refractivity (Wildman–Crippen MR) is 135 cm³/mol. The minimum absolute atomic E-state index is 0.343. The maximum Gasteiger partial charge on any atom is 0.235 e. The third-order valence-corrected chi connectivity index (χ3v) is 7.49. The Bertz CT molecular complexity index is 1070. The summed E-state index contributed by atoms with van der Waals surface area (Å²) in [4.78, 5) is 21.6. The number of amides is 1. The van der Waals surface area contributed by atoms with Gasteiger partial charge < -0.3 is 15.5 Å². The molecule has 0 spiro atoms. The number of benzene rings is 1. The predicted octanol–water partition coefficient (Wildman–Crippen LogP) is 4.02. The van der Waals surface area contributed by atoms with Crippen molar-refractivity contribution < 1.29 is 4.79 Å². The van der Waals surface area contributed by atoms with Gasteiger partial charge in [0.25, 0.3) is 0 Å². The minimum Gasteiger partial charge on any atom is -0.368 e. The molecular formula is C26H32N6OS. The van der Waals surface area contributed by atoms with Crippen molar-refractivity contribution in [1.29, 1.82) is 10.5 Å². The first-order valence-corrected chi connectivity index (χ1v) is 12.7. The lowest BCUT2D eigenvalue weighted by Crippen LogP contribution is -2.34. The average Bonchev–Trinajstić information content (AvgIpc) is 3.14. The second-order valence-electron chi connectivity index (χ2n) is 8.53. The number of carbonyl (C=O) groups excluding carboxylic acids is 1. The number of thioether (sulfide) groups is 1. The van der Waals surface area contributed by atoms with E-state index in [1.807, 2.05) is 49.2 Å². The topological polar surface area (TPSA) is 110 Å². The average molecular weight is 477 g/mol. The highest BCUT2D eigenvalue weighted by Crippen LogP contribution is 2.39. The maximum atomic E-state index is 12.3. The second kappa shape index (κ2) is 12.4. The molecule has 1 atom stereocenters. The Kier molecular flexibility index (Phi) is 9.33. The Labute approximate surface area is 206 Å². The van der Waals surface area contributed by atoms with Crippen molar-refractivity contribution in [2.24, 2.45) is 5.73 Å². The van der Waals surface area contributed by atoms with E-state index in [9.17, 15) is 15.3 Å². The summed E-state index contributed by atoms with van der Waals surface area (Å²) in [5, 5.41) is 19.7. The van der Waals surface area contributed by atoms with Gasteiger partial charge in [-0.05, 0) is 43.5 Å². The minimum atomic E-state index is -0.686. The van der Waals surface area contributed by atoms with Crippen LogP contribution in [0.3, 0.4) is 0 Å². The van der Waals surface area contributed by atoms with Crippen LogP contribution in [0.1, 0.15) is 60.1 Å². The van der Waals surface area contributed by atoms with E-state index in [1.54, 1.807) is 0 Å². The number of pyridine rings is 1. The van der Waals surface area contributed by atoms with Gasteiger partial charge in [-0.15, -0.1) is 0 Å². The van der Waals surface area contributed by atoms with Gasteiger partial charge in [-0.25, -0.2) is 4.98 Å². The van der Waals surface area contributed by atoms with Crippen LogP contribution in [0.15, 0.2) is 35.4 Å². The number of nitriles is 2. The second-order valence-corrected chi connectivity index (χ2v) is 9.63. The molecule has 178 valence electrons. The molecule has 0 radical (unpaired) electrons. The molecular weight excluding hydrogens is 444 g/mol. The lowest BCUT2D eigenvalue weighted by molar-refractivity contribution is -0.117. The summed E-state index contributed by atoms with van der Waals surface area (Å²) in [5.74, 6) is 0.0484. The number of anilines is 1. The van der Waals surface area contributed by atoms with Gasteiger partial charge in [-0.1, -0.05) is 61.9 Å². The van der Waals surface area contributed by atoms with Crippen molar-refractivity contribution in [3.8, 4) is 12.1 Å². The normalized spacial score (nSPS) is 15.1. The molecule has 1 aromatic heterocycles. The first-order chi connectivity index (χ1) is 16.5. The standard InChI is InChI=1S/C26H32N6OS/c1-3-20-21(17-27)25(31(2)15-16-32-13-9-4-5-10-14-32)30-26(22(20)18-28)34-23(24(29)33)19-11-7-6-8-12-19/h6-8,11-12,23H,3-5,9-10,13-16H2,1-2H3,(H2,29,33). The number of likely N-dealkylation sites (tertiary alicyclic amines) is 1. The van der Waals surface area contributed by atoms with E-state index in [-0.39, 0.29) is 0 Å². The van der Waals surface area contributed by atoms with Crippen LogP contribution in [-0.2, 0) is 11.2 Å². The van der Waals surface area contributed by atoms with Crippen molar-refractivity contribution >= 4 is 23.5 Å². The number of primary amides is 1. The maximum absolute atomic E-state index is 12.3. The Hall–Kier alpha value is -3.07. The third-order valence-electron chi connectivity index (χ3n) is 6.23. The quantitative estimate of drug-likeness (QED) is 0.544. The van der Waals surface area contributed by atoms with Crippen LogP contribution >= 0.6 is 11.8 Å². The molecule has 0 saturated carbocycles. The number of rotatable bonds is 9. The molecule has 2 aromatic rings. The lowest BCUT2D eigenvalue weighted by atomic mass is 10.0. The molecule has 1 saturated heterocycles. The van der Waals surface area contributed by atoms with Gasteiger partial charge in [0.2, 0.25) is 5.91 Å². The number of likely N-dealkylation sites (N-methyl/N-ethyl adjacent to an activating group) is 1. The fourth-order valence-corrected chi connectivity index (χ4v) is 5.39. The number of hydrogen-bond acceptors (Lipinski definition) is 7. The Morgan fingerprint density at radius 1 is 1.15 bits per heavy atom. The molecule has 1 unspecified atom stereocenters. The number of carbonyl (C=O) groups is 1. The Morgan fingerprint density at radius 3 is 2.35 bits per heavy atom. The molecule has 8 heteroatoms. The summed E-state index contributed by atoms with van der Waals surface area (Å²) in [7, 11) is 1.93. The van der Waals surface area contributed by atoms with Gasteiger partial charge in [0.15, 0.2) is 0 Å². The molecule has 0 bridgehead atoms. The first-order valence-electron chi connectivity index (χ1n) is 11.8. The van der Waals surface area contributed by atoms with E-state index < -0.39 is 11.2 Å². The highest BCUT2D eigenvalue weighted by Gasteiger charge is 2.26. The van der Waals surface area contributed by atoms with Crippen molar-refractivity contribution in [3.05, 3.63) is 52.6 Å². The van der Waals surface area contributed by atoms with E-state index in [2.05, 4.69) is 17.0 Å². The highest BCUT2D eigenvalue weighted by molar-refractivity contribution is 8.00. The van der Waals surface area contributed by atoms with E-state index >= 15 is 0 Å². The zero-order valence-corrected chi connectivity index (χ0v) is 20.8. The van der Waals surface area contributed by atoms with Crippen molar-refractivity contribution in [2.75, 3.05) is 38.1 Å². The third kappa shape index (κ3) is 6.08. The SMILES string of the molecule is CCc1c(C#N)c(SC(C(N)=O)c2ccccc2)nc(N(C)CCN2CCCCCC2)c1C#N. The van der Waals surface area contributed by atoms with Crippen LogP contribution in [0.2, 0.25) is 0 Å². The number of nitrogens with zero attached hydrogens (tertiary/aromatic N) is 5. The highest BCUT2D eigenvalue weighted by atomic mass is 32.2. The van der Waals surface area contributed by atoms with Crippen LogP contribution in [-0.4, -0.2) is 49.0 Å². The summed E-state index contributed by atoms with van der Waals surface area (Å²) in [6, 6.07) is 13.8. The van der Waals surface area contributed by atoms with Gasteiger partial charge in [-0.2, -0.15) is 10.5 Å². The van der Waals surface area contributed by atoms with Crippen molar-refractivity contribution in [2.45, 2.75) is 49.3 Å². The molecule has 2 heterocycles. The van der Waals surface area contributed by atoms with Gasteiger partial charge in [-0.3, -0.25) is 4.79 Å². The monoisotopic (exact) mass is 476 g/mol. The summed E-state index contributed by atoms with van der Waals surface area (Å²) >= 11 is 1.18. The zero-order valence-electron chi connectivity index (χ0n) is 20.0. The van der Waals surface area contributed by atoms with E-state index in [4.69, 9.17) is 10.7 Å². The van der Waals surface area contributed by atoms with Gasteiger partial charge >= 0.3 is 0 Å². The summed E-state index contributed by atoms with van der Waals surface area (Å²) in [5.41, 5.74) is 7.92. The molecule has 1 aliphatic rings. The van der Waals surface area contributed by atoms with E-state index in [0.29, 0.717) is 34.0 Å². The van der Waals surface area contributed by atoms with Gasteiger partial charge in [0, 0.05) is 20.1 Å². The van der Waals surface area contributed by atoms with Crippen LogP contribution < -0.4 is 10.6 Å². The van der Waals surface area contributed by atoms with Crippen LogP contribution in [0.5, 0.6) is 0 Å². The molecule has 0 aliphatic carbocycles. The Balaban J connectivity index is 1.96. The molecule has 3 rings (SSSR count). The molecule has 1 aromatic carbocycles. The summed E-state index contributed by atoms with van der Waals surface area (Å²) in [6.45, 7) is 5.73. The van der Waals surface area contributed by atoms with Crippen LogP contribution in [0.25, 0.3) is 0 Å². The summed E-state index contributed by atoms with van der Waals surface area (Å²) in [6.07, 6.45) is 5.52. The van der Waals surface area contributed by atoms with Crippen LogP contribution in [0.4, 0.5) is 5.82 Å². The molecule has 1 aliphatic heterocycles. The molecule has 1 fully saturated rings. The largest absolute Gasteiger partial charge is 0.368 e. The van der Waals surface area contributed by atoms with E-state index in [0.717, 1.165) is 31.7 Å². The Morgan fingerprint density at radius 2 is 1.79 bits per heavy atom. The molecule has 2 N–H and O–H groups in total. The fourth-order valence-electron chi connectivity index (χ4n) is 4.33. The lowest BCUT2D eigenvalue weighted by Gasteiger charge is -2.26. The molecule has 34 heavy (non-hydrogen) atoms. The number of nitrogens with two attached hydrogens (primary N) is 1. The van der Waals surface area contributed by atoms with Crippen molar-refractivity contribution in [1.82, 2.24) is 9.88 Å². The molecule has 7 nitrogen and oxygen atoms in total. The first kappa shape index (κ1) is 25.6. The van der Waals surface area contributed by atoms with E-state index in [1.165, 1.54) is 37.4 Å². The fraction of sp³-hybridized carbons (Fsp3) is 0.462. The number of aromatic nitrogens is 1. The summed E-state index contributed by atoms with van der Waals surface area (Å²) < 4.78 is 0. The van der Waals surface area contributed by atoms with Crippen LogP contribution in [0, 0.1) is 22.7 Å². The number of hydrogen-bond donors (Lipinski definition) is 1. The van der Waals surface area contributed by atoms with Gasteiger partial charge in [0.05, 0.1) is 11.1 Å². The smallest absolute Gasteiger partial charge is 0.235 e. The van der Waals surface area contributed by atoms with Crippen molar-refractivity contribution in [3.63, 3.8) is 0 Å². The van der Waals surface area contributed by atoms with Gasteiger partial charge in [0.1, 0.15) is 28.2 Å².